The standard InChI is InChI=1S/C9H14N2O4/c10-7(12)4-2-1-3-5(9(14)15)6(4)8(11)13/h4-6H,1-3H2,(H2,10,12)(H2,11,13)(H,14,15). The molecule has 0 heterocycles. The number of carbonyl (C=O) groups excluding carboxylic acids is 2. The molecule has 1 fully saturated rings. The first-order valence-electron chi connectivity index (χ1n) is 4.76. The lowest BCUT2D eigenvalue weighted by Gasteiger charge is -2.31. The van der Waals surface area contributed by atoms with E-state index in [-0.39, 0.29) is 0 Å². The molecular formula is C9H14N2O4. The fraction of sp³-hybridized carbons (Fsp3) is 0.667. The Balaban J connectivity index is 2.95. The Hall–Kier alpha value is -1.59. The molecular weight excluding hydrogens is 200 g/mol. The molecule has 0 radical (unpaired) electrons. The van der Waals surface area contributed by atoms with Crippen LogP contribution in [0.2, 0.25) is 0 Å². The van der Waals surface area contributed by atoms with Gasteiger partial charge < -0.3 is 16.6 Å². The Labute approximate surface area is 86.6 Å². The van der Waals surface area contributed by atoms with Crippen LogP contribution in [-0.4, -0.2) is 22.9 Å². The minimum absolute atomic E-state index is 0.368. The summed E-state index contributed by atoms with van der Waals surface area (Å²) in [6.07, 6.45) is 1.38. The number of aliphatic carboxylic acids is 1. The van der Waals surface area contributed by atoms with Crippen LogP contribution >= 0.6 is 0 Å². The molecule has 6 heteroatoms. The molecule has 0 bridgehead atoms. The molecule has 1 aliphatic carbocycles. The number of hydrogen-bond acceptors (Lipinski definition) is 3. The summed E-state index contributed by atoms with van der Waals surface area (Å²) < 4.78 is 0. The normalized spacial score (nSPS) is 30.8. The van der Waals surface area contributed by atoms with Crippen molar-refractivity contribution in [3.8, 4) is 0 Å². The van der Waals surface area contributed by atoms with Crippen LogP contribution in [0.3, 0.4) is 0 Å². The second-order valence-corrected chi connectivity index (χ2v) is 3.81. The van der Waals surface area contributed by atoms with E-state index in [4.69, 9.17) is 16.6 Å². The Morgan fingerprint density at radius 2 is 1.53 bits per heavy atom. The maximum atomic E-state index is 11.1. The molecule has 1 rings (SSSR count). The molecule has 3 atom stereocenters. The molecule has 0 aromatic heterocycles. The third-order valence-corrected chi connectivity index (χ3v) is 2.91. The number of rotatable bonds is 3. The van der Waals surface area contributed by atoms with Crippen LogP contribution in [0.1, 0.15) is 19.3 Å². The van der Waals surface area contributed by atoms with Crippen LogP contribution in [0.25, 0.3) is 0 Å². The Bertz CT molecular complexity index is 280. The van der Waals surface area contributed by atoms with Gasteiger partial charge in [-0.15, -0.1) is 0 Å². The topological polar surface area (TPSA) is 123 Å². The van der Waals surface area contributed by atoms with E-state index in [2.05, 4.69) is 0 Å². The summed E-state index contributed by atoms with van der Waals surface area (Å²) in [6.45, 7) is 0. The van der Waals surface area contributed by atoms with Gasteiger partial charge in [0, 0.05) is 0 Å². The van der Waals surface area contributed by atoms with Gasteiger partial charge in [0.05, 0.1) is 17.8 Å². The van der Waals surface area contributed by atoms with Crippen molar-refractivity contribution in [2.45, 2.75) is 19.3 Å². The number of carbonyl (C=O) groups is 3. The zero-order chi connectivity index (χ0) is 11.6. The van der Waals surface area contributed by atoms with E-state index in [1.165, 1.54) is 0 Å². The fourth-order valence-electron chi connectivity index (χ4n) is 2.19. The van der Waals surface area contributed by atoms with Crippen LogP contribution in [0.15, 0.2) is 0 Å². The first-order valence-corrected chi connectivity index (χ1v) is 4.76. The van der Waals surface area contributed by atoms with Crippen molar-refractivity contribution < 1.29 is 19.5 Å². The van der Waals surface area contributed by atoms with Gasteiger partial charge in [-0.2, -0.15) is 0 Å². The Kier molecular flexibility index (Phi) is 3.28. The third kappa shape index (κ3) is 2.26. The lowest BCUT2D eigenvalue weighted by molar-refractivity contribution is -0.151. The highest BCUT2D eigenvalue weighted by Gasteiger charge is 2.43. The number of carboxylic acid groups (broad SMARTS) is 1. The predicted molar refractivity (Wildman–Crippen MR) is 50.3 cm³/mol. The van der Waals surface area contributed by atoms with Crippen LogP contribution in [0.4, 0.5) is 0 Å². The first kappa shape index (κ1) is 11.5. The van der Waals surface area contributed by atoms with E-state index >= 15 is 0 Å². The Morgan fingerprint density at radius 3 is 1.93 bits per heavy atom. The van der Waals surface area contributed by atoms with Gasteiger partial charge in [-0.05, 0) is 12.8 Å². The van der Waals surface area contributed by atoms with E-state index < -0.39 is 35.5 Å². The third-order valence-electron chi connectivity index (χ3n) is 2.91. The number of hydrogen-bond donors (Lipinski definition) is 3. The molecule has 1 saturated carbocycles. The maximum absolute atomic E-state index is 11.1. The highest BCUT2D eigenvalue weighted by atomic mass is 16.4. The van der Waals surface area contributed by atoms with Gasteiger partial charge in [-0.3, -0.25) is 14.4 Å². The SMILES string of the molecule is NC(=O)C1CCCC(C(=O)O)C1C(N)=O. The van der Waals surface area contributed by atoms with Gasteiger partial charge in [-0.25, -0.2) is 0 Å². The highest BCUT2D eigenvalue weighted by molar-refractivity contribution is 5.90. The summed E-state index contributed by atoms with van der Waals surface area (Å²) in [5, 5.41) is 8.90. The number of carboxylic acids is 1. The van der Waals surface area contributed by atoms with Gasteiger partial charge in [0.1, 0.15) is 0 Å². The fourth-order valence-corrected chi connectivity index (χ4v) is 2.19. The molecule has 3 unspecified atom stereocenters. The van der Waals surface area contributed by atoms with Crippen molar-refractivity contribution in [2.24, 2.45) is 29.2 Å². The quantitative estimate of drug-likeness (QED) is 0.561. The molecule has 5 N–H and O–H groups in total. The largest absolute Gasteiger partial charge is 0.481 e. The average molecular weight is 214 g/mol. The lowest BCUT2D eigenvalue weighted by Crippen LogP contribution is -2.46. The summed E-state index contributed by atoms with van der Waals surface area (Å²) >= 11 is 0. The molecule has 15 heavy (non-hydrogen) atoms. The number of nitrogens with two attached hydrogens (primary N) is 2. The van der Waals surface area contributed by atoms with Crippen LogP contribution in [0.5, 0.6) is 0 Å². The molecule has 0 aromatic rings. The van der Waals surface area contributed by atoms with E-state index in [0.717, 1.165) is 0 Å². The zero-order valence-electron chi connectivity index (χ0n) is 8.18. The van der Waals surface area contributed by atoms with Gasteiger partial charge in [0.15, 0.2) is 0 Å². The molecule has 84 valence electrons. The molecule has 2 amide bonds. The van der Waals surface area contributed by atoms with E-state index in [0.29, 0.717) is 19.3 Å². The monoisotopic (exact) mass is 214 g/mol. The highest BCUT2D eigenvalue weighted by Crippen LogP contribution is 2.34. The van der Waals surface area contributed by atoms with Crippen molar-refractivity contribution in [3.63, 3.8) is 0 Å². The minimum atomic E-state index is -1.09. The van der Waals surface area contributed by atoms with Crippen molar-refractivity contribution in [1.29, 1.82) is 0 Å². The van der Waals surface area contributed by atoms with Gasteiger partial charge >= 0.3 is 5.97 Å². The van der Waals surface area contributed by atoms with Crippen molar-refractivity contribution >= 4 is 17.8 Å². The van der Waals surface area contributed by atoms with Gasteiger partial charge in [-0.1, -0.05) is 6.42 Å². The molecule has 0 spiro atoms. The second-order valence-electron chi connectivity index (χ2n) is 3.81. The first-order chi connectivity index (χ1) is 6.95. The van der Waals surface area contributed by atoms with Gasteiger partial charge in [0.2, 0.25) is 11.8 Å². The summed E-state index contributed by atoms with van der Waals surface area (Å²) in [5.74, 6) is -5.08. The molecule has 0 aliphatic heterocycles. The van der Waals surface area contributed by atoms with E-state index in [9.17, 15) is 14.4 Å². The average Bonchev–Trinajstić information content (AvgIpc) is 2.16. The molecule has 6 nitrogen and oxygen atoms in total. The van der Waals surface area contributed by atoms with Crippen molar-refractivity contribution in [1.82, 2.24) is 0 Å². The van der Waals surface area contributed by atoms with E-state index in [1.807, 2.05) is 0 Å². The minimum Gasteiger partial charge on any atom is -0.481 e. The second kappa shape index (κ2) is 4.29. The summed E-state index contributed by atoms with van der Waals surface area (Å²) in [7, 11) is 0. The van der Waals surface area contributed by atoms with Crippen molar-refractivity contribution in [3.05, 3.63) is 0 Å². The number of primary amides is 2. The van der Waals surface area contributed by atoms with E-state index in [1.54, 1.807) is 0 Å². The Morgan fingerprint density at radius 1 is 1.00 bits per heavy atom. The smallest absolute Gasteiger partial charge is 0.307 e. The maximum Gasteiger partial charge on any atom is 0.307 e. The van der Waals surface area contributed by atoms with Crippen LogP contribution in [0, 0.1) is 17.8 Å². The van der Waals surface area contributed by atoms with Gasteiger partial charge in [0.25, 0.3) is 0 Å². The summed E-state index contributed by atoms with van der Waals surface area (Å²) in [4.78, 5) is 33.1. The lowest BCUT2D eigenvalue weighted by atomic mass is 9.71. The summed E-state index contributed by atoms with van der Waals surface area (Å²) in [6, 6.07) is 0. The number of amides is 2. The van der Waals surface area contributed by atoms with Crippen LogP contribution in [-0.2, 0) is 14.4 Å². The van der Waals surface area contributed by atoms with Crippen molar-refractivity contribution in [2.75, 3.05) is 0 Å². The molecule has 1 aliphatic rings. The van der Waals surface area contributed by atoms with Crippen LogP contribution < -0.4 is 11.5 Å². The molecule has 0 aromatic carbocycles. The predicted octanol–water partition coefficient (Wildman–Crippen LogP) is -0.926. The summed E-state index contributed by atoms with van der Waals surface area (Å²) in [5.41, 5.74) is 10.2. The zero-order valence-corrected chi connectivity index (χ0v) is 8.18. The molecule has 0 saturated heterocycles.